The smallest absolute Gasteiger partial charge is 0.319 e. The number of carbonyl (C=O) groups excluding carboxylic acids is 1. The lowest BCUT2D eigenvalue weighted by Gasteiger charge is -2.31. The quantitative estimate of drug-likeness (QED) is 0.785. The van der Waals surface area contributed by atoms with Gasteiger partial charge < -0.3 is 15.4 Å². The predicted molar refractivity (Wildman–Crippen MR) is 60.3 cm³/mol. The summed E-state index contributed by atoms with van der Waals surface area (Å²) < 4.78 is 19.2. The summed E-state index contributed by atoms with van der Waals surface area (Å²) in [5.41, 5.74) is 1.04. The minimum atomic E-state index is -0.402. The van der Waals surface area contributed by atoms with Crippen LogP contribution < -0.4 is 10.6 Å². The molecule has 0 spiro atoms. The highest BCUT2D eigenvalue weighted by Gasteiger charge is 2.34. The molecule has 2 unspecified atom stereocenters. The summed E-state index contributed by atoms with van der Waals surface area (Å²) in [6.07, 6.45) is 1.82. The van der Waals surface area contributed by atoms with E-state index in [0.29, 0.717) is 6.61 Å². The zero-order valence-corrected chi connectivity index (χ0v) is 9.20. The van der Waals surface area contributed by atoms with Crippen LogP contribution in [0.25, 0.3) is 0 Å². The van der Waals surface area contributed by atoms with Crippen molar-refractivity contribution in [1.29, 1.82) is 0 Å². The zero-order valence-electron chi connectivity index (χ0n) is 9.20. The molecule has 0 radical (unpaired) electrons. The van der Waals surface area contributed by atoms with Crippen LogP contribution in [0, 0.1) is 5.82 Å². The summed E-state index contributed by atoms with van der Waals surface area (Å²) in [5, 5.41) is 5.30. The van der Waals surface area contributed by atoms with Crippen molar-refractivity contribution in [2.45, 2.75) is 25.0 Å². The third-order valence-electron chi connectivity index (χ3n) is 3.24. The Morgan fingerprint density at radius 1 is 1.41 bits per heavy atom. The van der Waals surface area contributed by atoms with E-state index in [1.165, 1.54) is 6.07 Å². The van der Waals surface area contributed by atoms with Gasteiger partial charge in [0.2, 0.25) is 0 Å². The maximum atomic E-state index is 13.6. The summed E-state index contributed by atoms with van der Waals surface area (Å²) in [7, 11) is 0. The normalized spacial score (nSPS) is 27.2. The topological polar surface area (TPSA) is 50.4 Å². The first-order valence-corrected chi connectivity index (χ1v) is 5.73. The van der Waals surface area contributed by atoms with Gasteiger partial charge in [0.1, 0.15) is 5.82 Å². The van der Waals surface area contributed by atoms with E-state index in [-0.39, 0.29) is 23.9 Å². The summed E-state index contributed by atoms with van der Waals surface area (Å²) >= 11 is 0. The van der Waals surface area contributed by atoms with Gasteiger partial charge in [-0.05, 0) is 18.9 Å². The van der Waals surface area contributed by atoms with E-state index < -0.39 is 5.82 Å². The fourth-order valence-electron chi connectivity index (χ4n) is 2.46. The highest BCUT2D eigenvalue weighted by atomic mass is 19.1. The van der Waals surface area contributed by atoms with Crippen LogP contribution in [0.5, 0.6) is 0 Å². The fraction of sp³-hybridized carbons (Fsp3) is 0.417. The van der Waals surface area contributed by atoms with E-state index >= 15 is 0 Å². The Kier molecular flexibility index (Phi) is 2.48. The molecular weight excluding hydrogens is 223 g/mol. The van der Waals surface area contributed by atoms with Crippen molar-refractivity contribution in [3.8, 4) is 0 Å². The van der Waals surface area contributed by atoms with E-state index in [1.54, 1.807) is 6.07 Å². The largest absolute Gasteiger partial charge is 0.376 e. The second kappa shape index (κ2) is 4.00. The number of fused-ring (bicyclic) bond motifs is 1. The van der Waals surface area contributed by atoms with Crippen molar-refractivity contribution in [3.63, 3.8) is 0 Å². The third-order valence-corrected chi connectivity index (χ3v) is 3.24. The molecule has 2 heterocycles. The lowest BCUT2D eigenvalue weighted by Crippen LogP contribution is -2.43. The molecule has 1 aromatic rings. The van der Waals surface area contributed by atoms with Crippen molar-refractivity contribution in [2.24, 2.45) is 0 Å². The van der Waals surface area contributed by atoms with Gasteiger partial charge >= 0.3 is 6.03 Å². The number of hydrogen-bond donors (Lipinski definition) is 2. The minimum absolute atomic E-state index is 0.0541. The van der Waals surface area contributed by atoms with Crippen molar-refractivity contribution in [3.05, 3.63) is 29.6 Å². The summed E-state index contributed by atoms with van der Waals surface area (Å²) in [4.78, 5) is 11.5. The SMILES string of the molecule is O=C1Nc2c(F)cccc2C(C2CCCO2)N1. The number of urea groups is 1. The average Bonchev–Trinajstić information content (AvgIpc) is 2.83. The van der Waals surface area contributed by atoms with Gasteiger partial charge in [0, 0.05) is 12.2 Å². The molecule has 90 valence electrons. The lowest BCUT2D eigenvalue weighted by atomic mass is 9.96. The summed E-state index contributed by atoms with van der Waals surface area (Å²) in [6, 6.07) is 4.18. The summed E-state index contributed by atoms with van der Waals surface area (Å²) in [6.45, 7) is 0.703. The second-order valence-electron chi connectivity index (χ2n) is 4.33. The van der Waals surface area contributed by atoms with Gasteiger partial charge in [0.05, 0.1) is 17.8 Å². The molecule has 0 aromatic heterocycles. The number of benzene rings is 1. The first-order valence-electron chi connectivity index (χ1n) is 5.73. The van der Waals surface area contributed by atoms with E-state index in [9.17, 15) is 9.18 Å². The van der Waals surface area contributed by atoms with Gasteiger partial charge in [-0.25, -0.2) is 9.18 Å². The van der Waals surface area contributed by atoms with Crippen molar-refractivity contribution >= 4 is 11.7 Å². The van der Waals surface area contributed by atoms with Crippen LogP contribution in [0.4, 0.5) is 14.9 Å². The zero-order chi connectivity index (χ0) is 11.8. The van der Waals surface area contributed by atoms with Gasteiger partial charge in [-0.1, -0.05) is 12.1 Å². The first-order chi connectivity index (χ1) is 8.25. The molecule has 2 aliphatic rings. The highest BCUT2D eigenvalue weighted by Crippen LogP contribution is 2.35. The van der Waals surface area contributed by atoms with E-state index in [0.717, 1.165) is 18.4 Å². The molecule has 3 rings (SSSR count). The van der Waals surface area contributed by atoms with E-state index in [1.807, 2.05) is 6.07 Å². The fourth-order valence-corrected chi connectivity index (χ4v) is 2.46. The predicted octanol–water partition coefficient (Wildman–Crippen LogP) is 2.18. The van der Waals surface area contributed by atoms with Crippen molar-refractivity contribution in [2.75, 3.05) is 11.9 Å². The molecule has 0 aliphatic carbocycles. The second-order valence-corrected chi connectivity index (χ2v) is 4.33. The maximum absolute atomic E-state index is 13.6. The van der Waals surface area contributed by atoms with Crippen LogP contribution in [0.3, 0.4) is 0 Å². The molecule has 0 saturated carbocycles. The molecule has 2 N–H and O–H groups in total. The molecule has 1 saturated heterocycles. The number of anilines is 1. The summed E-state index contributed by atoms with van der Waals surface area (Å²) in [5.74, 6) is -0.402. The van der Waals surface area contributed by atoms with E-state index in [4.69, 9.17) is 4.74 Å². The van der Waals surface area contributed by atoms with Crippen LogP contribution in [0.1, 0.15) is 24.4 Å². The molecule has 2 amide bonds. The molecule has 5 heteroatoms. The monoisotopic (exact) mass is 236 g/mol. The Morgan fingerprint density at radius 3 is 3.06 bits per heavy atom. The van der Waals surface area contributed by atoms with Gasteiger partial charge in [0.25, 0.3) is 0 Å². The van der Waals surface area contributed by atoms with E-state index in [2.05, 4.69) is 10.6 Å². The van der Waals surface area contributed by atoms with Crippen LogP contribution in [0.15, 0.2) is 18.2 Å². The molecule has 17 heavy (non-hydrogen) atoms. The van der Waals surface area contributed by atoms with Gasteiger partial charge in [0.15, 0.2) is 0 Å². The lowest BCUT2D eigenvalue weighted by molar-refractivity contribution is 0.0808. The standard InChI is InChI=1S/C12H13FN2O2/c13-8-4-1-3-7-10(8)14-12(16)15-11(7)9-5-2-6-17-9/h1,3-4,9,11H,2,5-6H2,(H2,14,15,16). The minimum Gasteiger partial charge on any atom is -0.376 e. The third kappa shape index (κ3) is 1.76. The molecular formula is C12H13FN2O2. The Balaban J connectivity index is 2.01. The Bertz CT molecular complexity index is 458. The van der Waals surface area contributed by atoms with Crippen molar-refractivity contribution < 1.29 is 13.9 Å². The van der Waals surface area contributed by atoms with Crippen LogP contribution in [0.2, 0.25) is 0 Å². The maximum Gasteiger partial charge on any atom is 0.319 e. The highest BCUT2D eigenvalue weighted by molar-refractivity contribution is 5.93. The number of rotatable bonds is 1. The molecule has 2 atom stereocenters. The Hall–Kier alpha value is -1.62. The molecule has 1 aromatic carbocycles. The van der Waals surface area contributed by atoms with Gasteiger partial charge in [-0.3, -0.25) is 0 Å². The number of amides is 2. The van der Waals surface area contributed by atoms with Crippen LogP contribution in [-0.2, 0) is 4.74 Å². The number of nitrogens with one attached hydrogen (secondary N) is 2. The van der Waals surface area contributed by atoms with Crippen LogP contribution >= 0.6 is 0 Å². The van der Waals surface area contributed by atoms with Gasteiger partial charge in [-0.15, -0.1) is 0 Å². The number of halogens is 1. The molecule has 2 aliphatic heterocycles. The molecule has 0 bridgehead atoms. The number of hydrogen-bond acceptors (Lipinski definition) is 2. The van der Waals surface area contributed by atoms with Crippen LogP contribution in [-0.4, -0.2) is 18.7 Å². The molecule has 1 fully saturated rings. The number of para-hydroxylation sites is 1. The first kappa shape index (κ1) is 10.5. The number of ether oxygens (including phenoxy) is 1. The van der Waals surface area contributed by atoms with Gasteiger partial charge in [-0.2, -0.15) is 0 Å². The molecule has 4 nitrogen and oxygen atoms in total. The number of carbonyl (C=O) groups is 1. The average molecular weight is 236 g/mol. The Labute approximate surface area is 98.1 Å². The Morgan fingerprint density at radius 2 is 2.29 bits per heavy atom. The van der Waals surface area contributed by atoms with Crippen molar-refractivity contribution in [1.82, 2.24) is 5.32 Å².